The first-order chi connectivity index (χ1) is 15.6. The fourth-order valence-corrected chi connectivity index (χ4v) is 3.39. The molecule has 0 aliphatic rings. The fraction of sp³-hybridized carbons (Fsp3) is 0.407. The molecule has 0 amide bonds. The minimum atomic E-state index is -0.719. The molecule has 1 aromatic carbocycles. The van der Waals surface area contributed by atoms with Gasteiger partial charge in [-0.25, -0.2) is 4.79 Å². The van der Waals surface area contributed by atoms with E-state index in [2.05, 4.69) is 36.5 Å². The van der Waals surface area contributed by atoms with E-state index >= 15 is 0 Å². The van der Waals surface area contributed by atoms with Crippen molar-refractivity contribution in [3.8, 4) is 5.75 Å². The van der Waals surface area contributed by atoms with Crippen LogP contribution in [0.15, 0.2) is 69.9 Å². The van der Waals surface area contributed by atoms with Crippen molar-refractivity contribution in [2.24, 2.45) is 0 Å². The van der Waals surface area contributed by atoms with Crippen LogP contribution in [0.1, 0.15) is 69.8 Å². The van der Waals surface area contributed by atoms with E-state index in [9.17, 15) is 14.7 Å². The van der Waals surface area contributed by atoms with Crippen LogP contribution in [0.25, 0.3) is 11.0 Å². The van der Waals surface area contributed by atoms with Crippen molar-refractivity contribution in [3.05, 3.63) is 76.7 Å². The lowest BCUT2D eigenvalue weighted by atomic mass is 10.1. The van der Waals surface area contributed by atoms with Crippen LogP contribution in [0.3, 0.4) is 0 Å². The number of aryl methyl sites for hydroxylation is 1. The summed E-state index contributed by atoms with van der Waals surface area (Å²) < 4.78 is 5.30. The maximum Gasteiger partial charge on any atom is 0.339 e. The molecule has 172 valence electrons. The van der Waals surface area contributed by atoms with E-state index in [1.54, 1.807) is 12.1 Å². The van der Waals surface area contributed by atoms with Gasteiger partial charge in [0.2, 0.25) is 0 Å². The van der Waals surface area contributed by atoms with Crippen molar-refractivity contribution in [1.29, 1.82) is 0 Å². The highest BCUT2D eigenvalue weighted by atomic mass is 16.4. The quantitative estimate of drug-likeness (QED) is 0.184. The number of rotatable bonds is 15. The molecule has 5 nitrogen and oxygen atoms in total. The lowest BCUT2D eigenvalue weighted by Gasteiger charge is -2.03. The zero-order valence-electron chi connectivity index (χ0n) is 18.7. The number of carbonyl (C=O) groups is 1. The number of carboxylic acid groups (broad SMARTS) is 1. The summed E-state index contributed by atoms with van der Waals surface area (Å²) in [6.07, 6.45) is 22.5. The highest BCUT2D eigenvalue weighted by molar-refractivity contribution is 5.78. The predicted octanol–water partition coefficient (Wildman–Crippen LogP) is 6.70. The maximum atomic E-state index is 12.1. The smallest absolute Gasteiger partial charge is 0.339 e. The Kier molecular flexibility index (Phi) is 11.7. The Morgan fingerprint density at radius 3 is 2.19 bits per heavy atom. The Morgan fingerprint density at radius 2 is 1.50 bits per heavy atom. The van der Waals surface area contributed by atoms with Gasteiger partial charge in [0, 0.05) is 23.4 Å². The SMILES string of the molecule is O=C(O)CCCCC=CCC=CCC=CCCCCCc1cc2ccc(O)cc2oc1=O. The first-order valence-electron chi connectivity index (χ1n) is 11.5. The zero-order valence-corrected chi connectivity index (χ0v) is 18.7. The van der Waals surface area contributed by atoms with E-state index in [0.29, 0.717) is 17.6 Å². The summed E-state index contributed by atoms with van der Waals surface area (Å²) in [5.74, 6) is -0.626. The summed E-state index contributed by atoms with van der Waals surface area (Å²) in [5, 5.41) is 18.9. The molecule has 5 heteroatoms. The van der Waals surface area contributed by atoms with Crippen molar-refractivity contribution in [3.63, 3.8) is 0 Å². The molecule has 0 bridgehead atoms. The summed E-state index contributed by atoms with van der Waals surface area (Å²) in [6, 6.07) is 6.68. The molecule has 0 saturated heterocycles. The second kappa shape index (κ2) is 14.8. The predicted molar refractivity (Wildman–Crippen MR) is 129 cm³/mol. The van der Waals surface area contributed by atoms with Gasteiger partial charge >= 0.3 is 11.6 Å². The lowest BCUT2D eigenvalue weighted by molar-refractivity contribution is -0.137. The number of hydrogen-bond acceptors (Lipinski definition) is 4. The van der Waals surface area contributed by atoms with Crippen molar-refractivity contribution in [2.75, 3.05) is 0 Å². The van der Waals surface area contributed by atoms with Gasteiger partial charge in [0.15, 0.2) is 0 Å². The molecule has 1 aromatic heterocycles. The second-order valence-electron chi connectivity index (χ2n) is 7.91. The lowest BCUT2D eigenvalue weighted by Crippen LogP contribution is -2.06. The standard InChI is InChI=1S/C27H34O5/c28-24-19-18-22-20-23(27(31)32-25(22)21-24)16-14-12-10-8-6-4-2-1-3-5-7-9-11-13-15-17-26(29)30/h1,3-4,6-7,9,18-21,28H,2,5,8,10-17H2,(H,29,30). The zero-order chi connectivity index (χ0) is 23.0. The first-order valence-corrected chi connectivity index (χ1v) is 11.5. The molecule has 0 aliphatic heterocycles. The van der Waals surface area contributed by atoms with E-state index in [-0.39, 0.29) is 17.8 Å². The number of phenolic OH excluding ortho intramolecular Hbond substituents is 1. The summed E-state index contributed by atoms with van der Waals surface area (Å²) in [5.41, 5.74) is 0.794. The van der Waals surface area contributed by atoms with Crippen LogP contribution < -0.4 is 5.63 Å². The maximum absolute atomic E-state index is 12.1. The van der Waals surface area contributed by atoms with Crippen molar-refractivity contribution < 1.29 is 19.4 Å². The van der Waals surface area contributed by atoms with E-state index in [4.69, 9.17) is 9.52 Å². The van der Waals surface area contributed by atoms with Crippen molar-refractivity contribution in [2.45, 2.75) is 70.6 Å². The molecule has 2 aromatic rings. The van der Waals surface area contributed by atoms with Gasteiger partial charge in [-0.3, -0.25) is 4.79 Å². The molecule has 32 heavy (non-hydrogen) atoms. The van der Waals surface area contributed by atoms with Gasteiger partial charge in [-0.05, 0) is 76.0 Å². The Hall–Kier alpha value is -3.08. The number of unbranched alkanes of at least 4 members (excludes halogenated alkanes) is 5. The topological polar surface area (TPSA) is 87.7 Å². The van der Waals surface area contributed by atoms with E-state index in [0.717, 1.165) is 63.2 Å². The van der Waals surface area contributed by atoms with Crippen LogP contribution >= 0.6 is 0 Å². The molecule has 0 unspecified atom stereocenters. The van der Waals surface area contributed by atoms with E-state index in [1.807, 2.05) is 6.07 Å². The van der Waals surface area contributed by atoms with Crippen molar-refractivity contribution in [1.82, 2.24) is 0 Å². The fourth-order valence-electron chi connectivity index (χ4n) is 3.39. The third-order valence-electron chi connectivity index (χ3n) is 5.16. The Morgan fingerprint density at radius 1 is 0.844 bits per heavy atom. The Balaban J connectivity index is 1.51. The van der Waals surface area contributed by atoms with Gasteiger partial charge < -0.3 is 14.6 Å². The third kappa shape index (κ3) is 10.3. The number of allylic oxidation sites excluding steroid dienone is 6. The van der Waals surface area contributed by atoms with Gasteiger partial charge in [-0.15, -0.1) is 0 Å². The minimum Gasteiger partial charge on any atom is -0.508 e. The number of aliphatic carboxylic acids is 1. The molecule has 0 spiro atoms. The first kappa shape index (κ1) is 25.2. The largest absolute Gasteiger partial charge is 0.508 e. The number of benzene rings is 1. The molecular weight excluding hydrogens is 404 g/mol. The van der Waals surface area contributed by atoms with Gasteiger partial charge in [0.25, 0.3) is 0 Å². The monoisotopic (exact) mass is 438 g/mol. The number of hydrogen-bond donors (Lipinski definition) is 2. The molecule has 0 saturated carbocycles. The number of aromatic hydroxyl groups is 1. The van der Waals surface area contributed by atoms with E-state index in [1.165, 1.54) is 6.07 Å². The molecular formula is C27H34O5. The van der Waals surface area contributed by atoms with Crippen LogP contribution in [-0.4, -0.2) is 16.2 Å². The molecule has 2 N–H and O–H groups in total. The molecule has 0 fully saturated rings. The third-order valence-corrected chi connectivity index (χ3v) is 5.16. The van der Waals surface area contributed by atoms with Crippen molar-refractivity contribution >= 4 is 16.9 Å². The van der Waals surface area contributed by atoms with Gasteiger partial charge in [-0.1, -0.05) is 42.9 Å². The van der Waals surface area contributed by atoms with Crippen LogP contribution in [0.5, 0.6) is 5.75 Å². The number of fused-ring (bicyclic) bond motifs is 1. The van der Waals surface area contributed by atoms with Crippen LogP contribution in [0.4, 0.5) is 0 Å². The highest BCUT2D eigenvalue weighted by Gasteiger charge is 2.06. The highest BCUT2D eigenvalue weighted by Crippen LogP contribution is 2.20. The second-order valence-corrected chi connectivity index (χ2v) is 7.91. The minimum absolute atomic E-state index is 0.0931. The summed E-state index contributed by atoms with van der Waals surface area (Å²) in [7, 11) is 0. The van der Waals surface area contributed by atoms with Crippen LogP contribution in [0.2, 0.25) is 0 Å². The van der Waals surface area contributed by atoms with E-state index < -0.39 is 5.97 Å². The van der Waals surface area contributed by atoms with Gasteiger partial charge in [0.05, 0.1) is 0 Å². The molecule has 0 atom stereocenters. The normalized spacial score (nSPS) is 12.0. The Labute approximate surface area is 189 Å². The molecule has 0 aliphatic carbocycles. The summed E-state index contributed by atoms with van der Waals surface area (Å²) >= 11 is 0. The average molecular weight is 439 g/mol. The average Bonchev–Trinajstić information content (AvgIpc) is 2.76. The molecule has 2 rings (SSSR count). The van der Waals surface area contributed by atoms with Gasteiger partial charge in [0.1, 0.15) is 11.3 Å². The molecule has 0 radical (unpaired) electrons. The Bertz CT molecular complexity index is 981. The summed E-state index contributed by atoms with van der Waals surface area (Å²) in [4.78, 5) is 22.5. The summed E-state index contributed by atoms with van der Waals surface area (Å²) in [6.45, 7) is 0. The van der Waals surface area contributed by atoms with Crippen LogP contribution in [0, 0.1) is 0 Å². The number of carboxylic acids is 1. The number of phenols is 1. The van der Waals surface area contributed by atoms with Crippen LogP contribution in [-0.2, 0) is 11.2 Å². The molecule has 1 heterocycles. The van der Waals surface area contributed by atoms with Gasteiger partial charge in [-0.2, -0.15) is 0 Å².